The number of fused-ring (bicyclic) bond motifs is 1. The zero-order valence-electron chi connectivity index (χ0n) is 17.8. The molecule has 1 aliphatic rings. The Morgan fingerprint density at radius 2 is 1.87 bits per heavy atom. The van der Waals surface area contributed by atoms with Gasteiger partial charge >= 0.3 is 0 Å². The van der Waals surface area contributed by atoms with E-state index < -0.39 is 0 Å². The number of aromatic nitrogens is 3. The highest BCUT2D eigenvalue weighted by Crippen LogP contribution is 2.17. The summed E-state index contributed by atoms with van der Waals surface area (Å²) in [7, 11) is 0. The zero-order chi connectivity index (χ0) is 21.6. The largest absolute Gasteiger partial charge is 0.346 e. The van der Waals surface area contributed by atoms with Gasteiger partial charge in [0, 0.05) is 39.0 Å². The summed E-state index contributed by atoms with van der Waals surface area (Å²) in [4.78, 5) is 14.7. The fraction of sp³-hybridized carbons (Fsp3) is 0.375. The number of rotatable bonds is 7. The van der Waals surface area contributed by atoms with Crippen LogP contribution in [0.1, 0.15) is 42.2 Å². The van der Waals surface area contributed by atoms with Crippen LogP contribution in [0.15, 0.2) is 54.6 Å². The van der Waals surface area contributed by atoms with E-state index in [1.165, 1.54) is 6.07 Å². The molecule has 1 aromatic heterocycles. The quantitative estimate of drug-likeness (QED) is 0.636. The summed E-state index contributed by atoms with van der Waals surface area (Å²) >= 11 is 0. The Kier molecular flexibility index (Phi) is 6.72. The molecule has 2 aromatic carbocycles. The van der Waals surface area contributed by atoms with Crippen LogP contribution in [0.25, 0.3) is 0 Å². The standard InChI is InChI=1S/C24H28FN5O/c1-18(26-23(31)11-10-19-6-3-2-4-7-19)24-28-27-22-12-13-29(14-15-30(22)24)17-20-8-5-9-21(25)16-20/h2-9,16,18H,10-15,17H2,1H3,(H,26,31)/t18-/m0/s1. The summed E-state index contributed by atoms with van der Waals surface area (Å²) in [6, 6.07) is 16.6. The van der Waals surface area contributed by atoms with Crippen LogP contribution in [-0.4, -0.2) is 38.7 Å². The topological polar surface area (TPSA) is 63.1 Å². The van der Waals surface area contributed by atoms with E-state index in [0.29, 0.717) is 19.4 Å². The Morgan fingerprint density at radius 1 is 1.06 bits per heavy atom. The summed E-state index contributed by atoms with van der Waals surface area (Å²) in [6.07, 6.45) is 1.93. The van der Waals surface area contributed by atoms with Crippen molar-refractivity contribution < 1.29 is 9.18 Å². The van der Waals surface area contributed by atoms with Gasteiger partial charge in [-0.1, -0.05) is 42.5 Å². The van der Waals surface area contributed by atoms with Crippen molar-refractivity contribution in [1.29, 1.82) is 0 Å². The number of hydrogen-bond donors (Lipinski definition) is 1. The van der Waals surface area contributed by atoms with Crippen LogP contribution < -0.4 is 5.32 Å². The number of amides is 1. The van der Waals surface area contributed by atoms with Gasteiger partial charge < -0.3 is 9.88 Å². The Hall–Kier alpha value is -3.06. The summed E-state index contributed by atoms with van der Waals surface area (Å²) in [6.45, 7) is 5.07. The molecule has 4 rings (SSSR count). The highest BCUT2D eigenvalue weighted by molar-refractivity contribution is 5.76. The van der Waals surface area contributed by atoms with Crippen molar-refractivity contribution >= 4 is 5.91 Å². The van der Waals surface area contributed by atoms with Crippen molar-refractivity contribution in [3.05, 3.63) is 83.2 Å². The van der Waals surface area contributed by atoms with Crippen LogP contribution in [0.2, 0.25) is 0 Å². The number of nitrogens with one attached hydrogen (secondary N) is 1. The molecule has 0 saturated carbocycles. The van der Waals surface area contributed by atoms with Crippen molar-refractivity contribution in [3.63, 3.8) is 0 Å². The van der Waals surface area contributed by atoms with Gasteiger partial charge in [-0.3, -0.25) is 9.69 Å². The van der Waals surface area contributed by atoms with Crippen LogP contribution in [0.4, 0.5) is 4.39 Å². The predicted octanol–water partition coefficient (Wildman–Crippen LogP) is 3.29. The highest BCUT2D eigenvalue weighted by atomic mass is 19.1. The molecule has 2 heterocycles. The van der Waals surface area contributed by atoms with Crippen LogP contribution in [0, 0.1) is 5.82 Å². The molecule has 0 aliphatic carbocycles. The summed E-state index contributed by atoms with van der Waals surface area (Å²) < 4.78 is 15.6. The maximum absolute atomic E-state index is 13.5. The first-order valence-corrected chi connectivity index (χ1v) is 10.8. The molecule has 7 heteroatoms. The smallest absolute Gasteiger partial charge is 0.220 e. The van der Waals surface area contributed by atoms with E-state index in [4.69, 9.17) is 0 Å². The second-order valence-corrected chi connectivity index (χ2v) is 8.06. The van der Waals surface area contributed by atoms with E-state index in [9.17, 15) is 9.18 Å². The summed E-state index contributed by atoms with van der Waals surface area (Å²) in [5, 5.41) is 11.8. The number of aryl methyl sites for hydroxylation is 1. The molecule has 1 atom stereocenters. The van der Waals surface area contributed by atoms with Gasteiger partial charge in [0.2, 0.25) is 5.91 Å². The maximum atomic E-state index is 13.5. The van der Waals surface area contributed by atoms with Crippen LogP contribution in [-0.2, 0) is 30.7 Å². The molecule has 0 spiro atoms. The zero-order valence-corrected chi connectivity index (χ0v) is 17.8. The van der Waals surface area contributed by atoms with Gasteiger partial charge in [-0.15, -0.1) is 10.2 Å². The van der Waals surface area contributed by atoms with Crippen molar-refractivity contribution in [2.75, 3.05) is 13.1 Å². The lowest BCUT2D eigenvalue weighted by molar-refractivity contribution is -0.121. The molecule has 1 aliphatic heterocycles. The molecular weight excluding hydrogens is 393 g/mol. The first kappa shape index (κ1) is 21.2. The molecule has 0 fully saturated rings. The van der Waals surface area contributed by atoms with Crippen LogP contribution in [0.3, 0.4) is 0 Å². The lowest BCUT2D eigenvalue weighted by Crippen LogP contribution is -2.30. The third-order valence-corrected chi connectivity index (χ3v) is 5.69. The molecule has 3 aromatic rings. The lowest BCUT2D eigenvalue weighted by Gasteiger charge is -2.20. The lowest BCUT2D eigenvalue weighted by atomic mass is 10.1. The normalized spacial score (nSPS) is 15.2. The van der Waals surface area contributed by atoms with E-state index in [1.807, 2.05) is 43.3 Å². The SMILES string of the molecule is C[C@H](NC(=O)CCc1ccccc1)c1nnc2n1CCN(Cc1cccc(F)c1)CC2. The first-order valence-electron chi connectivity index (χ1n) is 10.8. The Balaban J connectivity index is 1.33. The van der Waals surface area contributed by atoms with E-state index in [0.717, 1.165) is 48.8 Å². The molecule has 0 unspecified atom stereocenters. The number of carbonyl (C=O) groups is 1. The minimum atomic E-state index is -0.209. The number of nitrogens with zero attached hydrogens (tertiary/aromatic N) is 4. The molecule has 0 radical (unpaired) electrons. The van der Waals surface area contributed by atoms with Crippen LogP contribution in [0.5, 0.6) is 0 Å². The molecule has 1 N–H and O–H groups in total. The van der Waals surface area contributed by atoms with Crippen LogP contribution >= 0.6 is 0 Å². The van der Waals surface area contributed by atoms with Gasteiger partial charge in [0.05, 0.1) is 6.04 Å². The molecule has 0 bridgehead atoms. The third-order valence-electron chi connectivity index (χ3n) is 5.69. The summed E-state index contributed by atoms with van der Waals surface area (Å²) in [5.41, 5.74) is 2.12. The fourth-order valence-corrected chi connectivity index (χ4v) is 4.04. The van der Waals surface area contributed by atoms with E-state index >= 15 is 0 Å². The van der Waals surface area contributed by atoms with Gasteiger partial charge in [0.15, 0.2) is 5.82 Å². The maximum Gasteiger partial charge on any atom is 0.220 e. The Labute approximate surface area is 182 Å². The van der Waals surface area contributed by atoms with E-state index in [-0.39, 0.29) is 17.8 Å². The second-order valence-electron chi connectivity index (χ2n) is 8.06. The second kappa shape index (κ2) is 9.83. The first-order chi connectivity index (χ1) is 15.1. The average molecular weight is 422 g/mol. The minimum Gasteiger partial charge on any atom is -0.346 e. The van der Waals surface area contributed by atoms with Gasteiger partial charge in [-0.05, 0) is 36.6 Å². The number of hydrogen-bond acceptors (Lipinski definition) is 4. The van der Waals surface area contributed by atoms with Crippen molar-refractivity contribution in [2.45, 2.75) is 45.3 Å². The minimum absolute atomic E-state index is 0.00931. The van der Waals surface area contributed by atoms with Crippen molar-refractivity contribution in [2.24, 2.45) is 0 Å². The number of benzene rings is 2. The van der Waals surface area contributed by atoms with Gasteiger partial charge in [0.25, 0.3) is 0 Å². The average Bonchev–Trinajstić information content (AvgIpc) is 3.08. The third kappa shape index (κ3) is 5.55. The van der Waals surface area contributed by atoms with E-state index in [1.54, 1.807) is 12.1 Å². The fourth-order valence-electron chi connectivity index (χ4n) is 4.04. The Morgan fingerprint density at radius 3 is 2.68 bits per heavy atom. The van der Waals surface area contributed by atoms with Gasteiger partial charge in [-0.25, -0.2) is 4.39 Å². The molecule has 1 amide bonds. The number of carbonyl (C=O) groups excluding carboxylic acids is 1. The molecule has 31 heavy (non-hydrogen) atoms. The van der Waals surface area contributed by atoms with Crippen molar-refractivity contribution in [3.8, 4) is 0 Å². The summed E-state index contributed by atoms with van der Waals surface area (Å²) in [5.74, 6) is 1.52. The van der Waals surface area contributed by atoms with Gasteiger partial charge in [0.1, 0.15) is 11.6 Å². The van der Waals surface area contributed by atoms with Crippen molar-refractivity contribution in [1.82, 2.24) is 25.0 Å². The molecule has 162 valence electrons. The molecule has 0 saturated heterocycles. The molecule has 6 nitrogen and oxygen atoms in total. The monoisotopic (exact) mass is 421 g/mol. The van der Waals surface area contributed by atoms with E-state index in [2.05, 4.69) is 25.0 Å². The molecular formula is C24H28FN5O. The number of halogens is 1. The van der Waals surface area contributed by atoms with Gasteiger partial charge in [-0.2, -0.15) is 0 Å². The Bertz CT molecular complexity index is 1020. The highest BCUT2D eigenvalue weighted by Gasteiger charge is 2.22. The predicted molar refractivity (Wildman–Crippen MR) is 117 cm³/mol.